The van der Waals surface area contributed by atoms with Gasteiger partial charge in [-0.1, -0.05) is 73.6 Å². The quantitative estimate of drug-likeness (QED) is 0.107. The number of allylic oxidation sites excluding steroid dienone is 2. The summed E-state index contributed by atoms with van der Waals surface area (Å²) in [6, 6.07) is 17.4. The highest BCUT2D eigenvalue weighted by atomic mass is 16.5. The number of rotatable bonds is 22. The molecule has 2 fully saturated rings. The molecule has 57 heavy (non-hydrogen) atoms. The monoisotopic (exact) mass is 777 g/mol. The molecule has 1 aliphatic carbocycles. The van der Waals surface area contributed by atoms with Crippen molar-refractivity contribution >= 4 is 23.8 Å². The molecule has 1 aromatic heterocycles. The third-order valence-corrected chi connectivity index (χ3v) is 10.8. The minimum atomic E-state index is -0.368. The maximum absolute atomic E-state index is 13.9. The van der Waals surface area contributed by atoms with Crippen molar-refractivity contribution in [1.29, 1.82) is 0 Å². The van der Waals surface area contributed by atoms with Crippen LogP contribution in [-0.4, -0.2) is 114 Å². The molecular formula is C44H55N7O6. The van der Waals surface area contributed by atoms with Crippen LogP contribution < -0.4 is 10.1 Å². The first kappa shape index (κ1) is 41.5. The second-order valence-corrected chi connectivity index (χ2v) is 14.8. The third kappa shape index (κ3) is 11.7. The maximum Gasteiger partial charge on any atom is 0.233 e. The molecule has 2 aliphatic heterocycles. The molecule has 4 atom stereocenters. The molecule has 13 heteroatoms. The Labute approximate surface area is 335 Å². The van der Waals surface area contributed by atoms with Crippen molar-refractivity contribution in [2.75, 3.05) is 66.3 Å². The molecule has 1 saturated carbocycles. The van der Waals surface area contributed by atoms with E-state index in [-0.39, 0.29) is 47.8 Å². The van der Waals surface area contributed by atoms with Crippen molar-refractivity contribution < 1.29 is 28.6 Å². The average molecular weight is 778 g/mol. The third-order valence-electron chi connectivity index (χ3n) is 10.8. The standard InChI is InChI=1S/C44H55N7O6/c1-32-46-48-42(49-47-32)35-16-18-38(19-17-35)57-29-28-56-26-21-39(52)50-25-20-34(31-50)13-15-37-30-36(14-12-33-10-6-5-7-11-33)40-41(37)44(54)51(43(40)53)24-9-4-3-8-22-45-23-27-55-2/h5-7,10-20,36-37,40-41,45H,3-4,8-9,21-31H2,1-2H3/b14-12-,15-13-. The number of imide groups is 1. The lowest BCUT2D eigenvalue weighted by atomic mass is 9.88. The van der Waals surface area contributed by atoms with Crippen LogP contribution in [0.1, 0.15) is 49.9 Å². The van der Waals surface area contributed by atoms with Crippen molar-refractivity contribution in [3.05, 3.63) is 95.9 Å². The van der Waals surface area contributed by atoms with Crippen LogP contribution >= 0.6 is 0 Å². The number of aromatic nitrogens is 4. The van der Waals surface area contributed by atoms with Gasteiger partial charge in [-0.15, -0.1) is 20.4 Å². The number of amides is 3. The van der Waals surface area contributed by atoms with Crippen molar-refractivity contribution in [2.24, 2.45) is 23.7 Å². The molecule has 1 saturated heterocycles. The van der Waals surface area contributed by atoms with Gasteiger partial charge in [0.1, 0.15) is 12.4 Å². The van der Waals surface area contributed by atoms with E-state index in [4.69, 9.17) is 14.2 Å². The number of hydrogen-bond acceptors (Lipinski definition) is 11. The largest absolute Gasteiger partial charge is 0.491 e. The SMILES string of the molecule is COCCNCCCCCCN1C(=O)C2C(/C=C\C3=CCN(C(=O)CCOCCOc4ccc(-c5nnc(C)nn5)cc4)C3)CC(/C=C\c3ccccc3)C2C1=O. The molecular weight excluding hydrogens is 723 g/mol. The Morgan fingerprint density at radius 3 is 2.28 bits per heavy atom. The molecule has 3 aromatic rings. The van der Waals surface area contributed by atoms with Crippen LogP contribution in [0.4, 0.5) is 0 Å². The smallest absolute Gasteiger partial charge is 0.233 e. The number of ether oxygens (including phenoxy) is 3. The number of benzene rings is 2. The van der Waals surface area contributed by atoms with Gasteiger partial charge in [0.25, 0.3) is 0 Å². The van der Waals surface area contributed by atoms with Crippen LogP contribution in [0.2, 0.25) is 0 Å². The van der Waals surface area contributed by atoms with Crippen LogP contribution in [-0.2, 0) is 23.9 Å². The first-order valence-corrected chi connectivity index (χ1v) is 20.2. The normalized spacial score (nSPS) is 20.6. The van der Waals surface area contributed by atoms with Crippen LogP contribution in [0.5, 0.6) is 5.75 Å². The number of aryl methyl sites for hydroxylation is 1. The highest BCUT2D eigenvalue weighted by molar-refractivity contribution is 6.06. The molecule has 3 aliphatic rings. The molecule has 302 valence electrons. The predicted molar refractivity (Wildman–Crippen MR) is 217 cm³/mol. The number of carbonyl (C=O) groups excluding carboxylic acids is 3. The van der Waals surface area contributed by atoms with Gasteiger partial charge in [0.2, 0.25) is 23.5 Å². The van der Waals surface area contributed by atoms with Crippen molar-refractivity contribution in [1.82, 2.24) is 35.5 Å². The molecule has 6 rings (SSSR count). The van der Waals surface area contributed by atoms with Gasteiger partial charge in [0, 0.05) is 38.9 Å². The highest BCUT2D eigenvalue weighted by Gasteiger charge is 2.57. The zero-order chi connectivity index (χ0) is 39.8. The van der Waals surface area contributed by atoms with E-state index in [0.717, 1.165) is 61.9 Å². The summed E-state index contributed by atoms with van der Waals surface area (Å²) in [7, 11) is 1.70. The summed E-state index contributed by atoms with van der Waals surface area (Å²) in [6.45, 7) is 6.73. The van der Waals surface area contributed by atoms with Crippen LogP contribution in [0, 0.1) is 30.6 Å². The minimum Gasteiger partial charge on any atom is -0.491 e. The van der Waals surface area contributed by atoms with Gasteiger partial charge >= 0.3 is 0 Å². The molecule has 0 radical (unpaired) electrons. The molecule has 4 unspecified atom stereocenters. The first-order valence-electron chi connectivity index (χ1n) is 20.2. The summed E-state index contributed by atoms with van der Waals surface area (Å²) >= 11 is 0. The van der Waals surface area contributed by atoms with Gasteiger partial charge in [-0.05, 0) is 80.0 Å². The number of nitrogens with one attached hydrogen (secondary N) is 1. The Morgan fingerprint density at radius 1 is 0.825 bits per heavy atom. The van der Waals surface area contributed by atoms with E-state index < -0.39 is 0 Å². The number of likely N-dealkylation sites (tertiary alicyclic amines) is 1. The van der Waals surface area contributed by atoms with E-state index in [1.165, 1.54) is 4.90 Å². The molecule has 0 spiro atoms. The summed E-state index contributed by atoms with van der Waals surface area (Å²) in [5.41, 5.74) is 2.91. The van der Waals surface area contributed by atoms with Gasteiger partial charge in [0.05, 0.1) is 38.1 Å². The Balaban J connectivity index is 0.939. The van der Waals surface area contributed by atoms with Gasteiger partial charge in [-0.2, -0.15) is 0 Å². The van der Waals surface area contributed by atoms with Crippen molar-refractivity contribution in [3.63, 3.8) is 0 Å². The Hall–Kier alpha value is -5.11. The van der Waals surface area contributed by atoms with E-state index in [9.17, 15) is 14.4 Å². The van der Waals surface area contributed by atoms with E-state index in [2.05, 4.69) is 56.1 Å². The van der Waals surface area contributed by atoms with Gasteiger partial charge in [-0.3, -0.25) is 19.3 Å². The highest BCUT2D eigenvalue weighted by Crippen LogP contribution is 2.49. The number of carbonyl (C=O) groups is 3. The van der Waals surface area contributed by atoms with Gasteiger partial charge in [0.15, 0.2) is 5.82 Å². The van der Waals surface area contributed by atoms with Gasteiger partial charge < -0.3 is 24.4 Å². The summed E-state index contributed by atoms with van der Waals surface area (Å²) in [4.78, 5) is 44.1. The van der Waals surface area contributed by atoms with E-state index >= 15 is 0 Å². The number of fused-ring (bicyclic) bond motifs is 1. The number of methoxy groups -OCH3 is 1. The van der Waals surface area contributed by atoms with Crippen molar-refractivity contribution in [2.45, 2.75) is 45.4 Å². The molecule has 3 heterocycles. The van der Waals surface area contributed by atoms with Crippen LogP contribution in [0.3, 0.4) is 0 Å². The fourth-order valence-electron chi connectivity index (χ4n) is 7.74. The lowest BCUT2D eigenvalue weighted by Crippen LogP contribution is -2.34. The van der Waals surface area contributed by atoms with E-state index in [0.29, 0.717) is 63.5 Å². The molecule has 3 amide bonds. The predicted octanol–water partition coefficient (Wildman–Crippen LogP) is 5.10. The van der Waals surface area contributed by atoms with Crippen molar-refractivity contribution in [3.8, 4) is 17.1 Å². The topological polar surface area (TPSA) is 149 Å². The maximum atomic E-state index is 13.9. The Bertz CT molecular complexity index is 1850. The molecule has 13 nitrogen and oxygen atoms in total. The van der Waals surface area contributed by atoms with Gasteiger partial charge in [-0.25, -0.2) is 0 Å². The lowest BCUT2D eigenvalue weighted by Gasteiger charge is -2.19. The summed E-state index contributed by atoms with van der Waals surface area (Å²) < 4.78 is 16.5. The first-order chi connectivity index (χ1) is 27.9. The Kier molecular flexibility index (Phi) is 15.6. The van der Waals surface area contributed by atoms with E-state index in [1.54, 1.807) is 14.0 Å². The number of nitrogens with zero attached hydrogens (tertiary/aromatic N) is 6. The molecule has 2 aromatic carbocycles. The minimum absolute atomic E-state index is 0.0232. The zero-order valence-corrected chi connectivity index (χ0v) is 33.1. The number of hydrogen-bond donors (Lipinski definition) is 1. The summed E-state index contributed by atoms with van der Waals surface area (Å²) in [5.74, 6) is 0.793. The second kappa shape index (κ2) is 21.4. The fraction of sp³-hybridized carbons (Fsp3) is 0.477. The molecule has 1 N–H and O–H groups in total. The van der Waals surface area contributed by atoms with Crippen LogP contribution in [0.25, 0.3) is 17.5 Å². The average Bonchev–Trinajstić information content (AvgIpc) is 3.93. The summed E-state index contributed by atoms with van der Waals surface area (Å²) in [6.07, 6.45) is 15.3. The number of unbranched alkanes of at least 4 members (excludes halogenated alkanes) is 3. The van der Waals surface area contributed by atoms with Crippen LogP contribution in [0.15, 0.2) is 84.5 Å². The summed E-state index contributed by atoms with van der Waals surface area (Å²) in [5, 5.41) is 19.3. The molecule has 0 bridgehead atoms. The van der Waals surface area contributed by atoms with E-state index in [1.807, 2.05) is 59.5 Å². The Morgan fingerprint density at radius 2 is 1.54 bits per heavy atom. The lowest BCUT2D eigenvalue weighted by molar-refractivity contribution is -0.141. The second-order valence-electron chi connectivity index (χ2n) is 14.8. The fourth-order valence-corrected chi connectivity index (χ4v) is 7.74. The zero-order valence-electron chi connectivity index (χ0n) is 33.1.